The number of nitrogens with one attached hydrogen (secondary N) is 1. The number of rotatable bonds is 8. The lowest BCUT2D eigenvalue weighted by molar-refractivity contribution is -0.141. The first-order valence-electron chi connectivity index (χ1n) is 10.0. The quantitative estimate of drug-likeness (QED) is 0.481. The fourth-order valence-corrected chi connectivity index (χ4v) is 4.60. The van der Waals surface area contributed by atoms with E-state index in [2.05, 4.69) is 10.2 Å². The highest BCUT2D eigenvalue weighted by Crippen LogP contribution is 2.37. The number of carboxylic acids is 1. The second-order valence-corrected chi connectivity index (χ2v) is 7.72. The van der Waals surface area contributed by atoms with Crippen molar-refractivity contribution >= 4 is 13.5 Å². The van der Waals surface area contributed by atoms with Crippen molar-refractivity contribution in [2.45, 2.75) is 56.9 Å². The zero-order chi connectivity index (χ0) is 19.2. The van der Waals surface area contributed by atoms with Crippen LogP contribution in [-0.4, -0.2) is 54.2 Å². The van der Waals surface area contributed by atoms with E-state index in [-0.39, 0.29) is 17.8 Å². The first-order chi connectivity index (χ1) is 13.1. The Morgan fingerprint density at radius 2 is 2.11 bits per heavy atom. The number of aryl methyl sites for hydroxylation is 1. The van der Waals surface area contributed by atoms with Gasteiger partial charge in [0.15, 0.2) is 0 Å². The van der Waals surface area contributed by atoms with Gasteiger partial charge in [0.05, 0.1) is 0 Å². The predicted octanol–water partition coefficient (Wildman–Crippen LogP) is 2.38. The topological polar surface area (TPSA) is 72.8 Å². The smallest absolute Gasteiger partial charge is 0.320 e. The second kappa shape index (κ2) is 9.67. The Morgan fingerprint density at radius 3 is 2.81 bits per heavy atom. The third-order valence-electron chi connectivity index (χ3n) is 6.02. The van der Waals surface area contributed by atoms with Crippen LogP contribution in [0.3, 0.4) is 0 Å². The van der Waals surface area contributed by atoms with Crippen LogP contribution in [0.15, 0.2) is 18.2 Å². The maximum absolute atomic E-state index is 13.8. The Kier molecular flexibility index (Phi) is 7.27. The first kappa shape index (κ1) is 20.3. The van der Waals surface area contributed by atoms with Gasteiger partial charge in [0.25, 0.3) is 7.48 Å². The molecule has 27 heavy (non-hydrogen) atoms. The second-order valence-electron chi connectivity index (χ2n) is 7.72. The fourth-order valence-electron chi connectivity index (χ4n) is 4.60. The predicted molar refractivity (Wildman–Crippen MR) is 103 cm³/mol. The van der Waals surface area contributed by atoms with Crippen LogP contribution in [0, 0.1) is 11.7 Å². The fraction of sp³-hybridized carbons (Fsp3) is 0.650. The van der Waals surface area contributed by atoms with Crippen molar-refractivity contribution in [2.75, 3.05) is 19.6 Å². The molecule has 1 heterocycles. The van der Waals surface area contributed by atoms with Crippen LogP contribution in [0.2, 0.25) is 6.32 Å². The lowest BCUT2D eigenvalue weighted by Gasteiger charge is -2.41. The van der Waals surface area contributed by atoms with E-state index in [1.54, 1.807) is 12.1 Å². The summed E-state index contributed by atoms with van der Waals surface area (Å²) < 4.78 is 13.8. The van der Waals surface area contributed by atoms with E-state index in [1.165, 1.54) is 5.56 Å². The zero-order valence-corrected chi connectivity index (χ0v) is 15.7. The van der Waals surface area contributed by atoms with Gasteiger partial charge in [-0.25, -0.2) is 4.39 Å². The van der Waals surface area contributed by atoms with Crippen molar-refractivity contribution in [2.24, 2.45) is 5.92 Å². The maximum atomic E-state index is 13.8. The van der Waals surface area contributed by atoms with E-state index < -0.39 is 12.0 Å². The van der Waals surface area contributed by atoms with Crippen molar-refractivity contribution in [3.05, 3.63) is 35.1 Å². The molecular weight excluding hydrogens is 346 g/mol. The summed E-state index contributed by atoms with van der Waals surface area (Å²) >= 11 is 0. The van der Waals surface area contributed by atoms with Gasteiger partial charge in [-0.15, -0.1) is 0 Å². The normalized spacial score (nSPS) is 22.2. The third-order valence-corrected chi connectivity index (χ3v) is 6.02. The van der Waals surface area contributed by atoms with Crippen LogP contribution < -0.4 is 5.32 Å². The van der Waals surface area contributed by atoms with E-state index >= 15 is 0 Å². The van der Waals surface area contributed by atoms with Crippen LogP contribution in [0.4, 0.5) is 4.39 Å². The monoisotopic (exact) mass is 375 g/mol. The number of hydrogen-bond donors (Lipinski definition) is 3. The van der Waals surface area contributed by atoms with Crippen LogP contribution >= 0.6 is 0 Å². The van der Waals surface area contributed by atoms with Crippen molar-refractivity contribution < 1.29 is 19.3 Å². The van der Waals surface area contributed by atoms with Gasteiger partial charge in [-0.2, -0.15) is 0 Å². The van der Waals surface area contributed by atoms with E-state index in [0.717, 1.165) is 64.7 Å². The SMILES string of the molecule is O=C(O)C(NCCC[B]O)C1CCN(C2CCCc3ccc(F)cc32)CC1. The van der Waals surface area contributed by atoms with Gasteiger partial charge in [-0.3, -0.25) is 9.69 Å². The number of aliphatic carboxylic acids is 1. The molecule has 1 aliphatic heterocycles. The molecule has 0 aromatic heterocycles. The Labute approximate surface area is 161 Å². The first-order valence-corrected chi connectivity index (χ1v) is 10.0. The summed E-state index contributed by atoms with van der Waals surface area (Å²) in [5, 5.41) is 21.5. The third kappa shape index (κ3) is 5.09. The maximum Gasteiger partial charge on any atom is 0.320 e. The van der Waals surface area contributed by atoms with Crippen LogP contribution in [-0.2, 0) is 11.2 Å². The van der Waals surface area contributed by atoms with Crippen molar-refractivity contribution in [3.63, 3.8) is 0 Å². The number of fused-ring (bicyclic) bond motifs is 1. The number of carbonyl (C=O) groups is 1. The molecule has 2 unspecified atom stereocenters. The van der Waals surface area contributed by atoms with E-state index in [4.69, 9.17) is 5.02 Å². The largest absolute Gasteiger partial charge is 0.480 e. The van der Waals surface area contributed by atoms with Gasteiger partial charge in [-0.05, 0) is 87.3 Å². The van der Waals surface area contributed by atoms with Crippen molar-refractivity contribution in [1.82, 2.24) is 10.2 Å². The molecule has 1 radical (unpaired) electrons. The summed E-state index contributed by atoms with van der Waals surface area (Å²) in [5.41, 5.74) is 2.37. The zero-order valence-electron chi connectivity index (χ0n) is 15.7. The Bertz CT molecular complexity index is 638. The number of halogens is 1. The van der Waals surface area contributed by atoms with Gasteiger partial charge in [0.1, 0.15) is 11.9 Å². The molecule has 0 saturated carbocycles. The molecule has 147 valence electrons. The van der Waals surface area contributed by atoms with E-state index in [9.17, 15) is 14.3 Å². The lowest BCUT2D eigenvalue weighted by atomic mass is 9.83. The summed E-state index contributed by atoms with van der Waals surface area (Å²) in [7, 11) is 1.11. The summed E-state index contributed by atoms with van der Waals surface area (Å²) in [6.07, 6.45) is 6.12. The van der Waals surface area contributed by atoms with Gasteiger partial charge in [0.2, 0.25) is 0 Å². The number of piperidine rings is 1. The molecule has 1 aliphatic carbocycles. The molecular formula is C20H29BFN2O3. The van der Waals surface area contributed by atoms with Crippen LogP contribution in [0.1, 0.15) is 49.3 Å². The molecule has 1 aromatic rings. The highest BCUT2D eigenvalue weighted by Gasteiger charge is 2.34. The molecule has 2 atom stereocenters. The molecule has 0 spiro atoms. The molecule has 0 amide bonds. The number of carboxylic acid groups (broad SMARTS) is 1. The van der Waals surface area contributed by atoms with Gasteiger partial charge >= 0.3 is 5.97 Å². The molecule has 3 rings (SSSR count). The molecule has 3 N–H and O–H groups in total. The minimum absolute atomic E-state index is 0.104. The molecule has 5 nitrogen and oxygen atoms in total. The number of benzene rings is 1. The Hall–Kier alpha value is -1.44. The highest BCUT2D eigenvalue weighted by molar-refractivity contribution is 6.25. The summed E-state index contributed by atoms with van der Waals surface area (Å²) in [6, 6.07) is 4.86. The van der Waals surface area contributed by atoms with Crippen molar-refractivity contribution in [1.29, 1.82) is 0 Å². The molecule has 2 aliphatic rings. The molecule has 1 fully saturated rings. The minimum atomic E-state index is -0.800. The molecule has 7 heteroatoms. The number of hydrogen-bond acceptors (Lipinski definition) is 4. The lowest BCUT2D eigenvalue weighted by Crippen LogP contribution is -2.48. The number of likely N-dealkylation sites (tertiary alicyclic amines) is 1. The van der Waals surface area contributed by atoms with Gasteiger partial charge < -0.3 is 15.4 Å². The Balaban J connectivity index is 1.58. The van der Waals surface area contributed by atoms with E-state index in [1.807, 2.05) is 6.07 Å². The number of nitrogens with zero attached hydrogens (tertiary/aromatic N) is 1. The standard InChI is InChI=1S/C20H29BFN2O3/c22-16-6-5-14-3-1-4-18(17(14)13-16)24-11-7-15(8-12-24)19(20(25)26)23-10-2-9-21-27/h5-6,13,15,18-19,23,27H,1-4,7-12H2,(H,25,26). The molecule has 0 bridgehead atoms. The molecule has 1 aromatic carbocycles. The van der Waals surface area contributed by atoms with Gasteiger partial charge in [0, 0.05) is 6.04 Å². The van der Waals surface area contributed by atoms with E-state index in [0.29, 0.717) is 12.9 Å². The average molecular weight is 375 g/mol. The average Bonchev–Trinajstić information content (AvgIpc) is 2.67. The summed E-state index contributed by atoms with van der Waals surface area (Å²) in [6.45, 7) is 2.28. The minimum Gasteiger partial charge on any atom is -0.480 e. The van der Waals surface area contributed by atoms with Crippen molar-refractivity contribution in [3.8, 4) is 0 Å². The van der Waals surface area contributed by atoms with Crippen LogP contribution in [0.5, 0.6) is 0 Å². The Morgan fingerprint density at radius 1 is 1.33 bits per heavy atom. The van der Waals surface area contributed by atoms with Gasteiger partial charge in [-0.1, -0.05) is 12.4 Å². The summed E-state index contributed by atoms with van der Waals surface area (Å²) in [4.78, 5) is 14.1. The molecule has 1 saturated heterocycles. The summed E-state index contributed by atoms with van der Waals surface area (Å²) in [5.74, 6) is -0.871. The highest BCUT2D eigenvalue weighted by atomic mass is 19.1. The van der Waals surface area contributed by atoms with Crippen LogP contribution in [0.25, 0.3) is 0 Å².